The van der Waals surface area contributed by atoms with Crippen molar-refractivity contribution in [2.24, 2.45) is 0 Å². The summed E-state index contributed by atoms with van der Waals surface area (Å²) in [7, 11) is 0. The zero-order valence-electron chi connectivity index (χ0n) is 16.4. The number of carbonyl (C=O) groups is 1. The Morgan fingerprint density at radius 2 is 1.90 bits per heavy atom. The van der Waals surface area contributed by atoms with Crippen LogP contribution in [0.2, 0.25) is 0 Å². The van der Waals surface area contributed by atoms with Crippen LogP contribution in [0.4, 0.5) is 18.9 Å². The molecule has 0 radical (unpaired) electrons. The van der Waals surface area contributed by atoms with Crippen LogP contribution in [0, 0.1) is 17.5 Å². The average Bonchev–Trinajstić information content (AvgIpc) is 2.72. The molecule has 6 nitrogen and oxygen atoms in total. The average molecular weight is 419 g/mol. The summed E-state index contributed by atoms with van der Waals surface area (Å²) in [6.07, 6.45) is 1.71. The molecule has 0 fully saturated rings. The third-order valence-corrected chi connectivity index (χ3v) is 4.68. The van der Waals surface area contributed by atoms with Gasteiger partial charge in [0.05, 0.1) is 23.1 Å². The summed E-state index contributed by atoms with van der Waals surface area (Å²) in [4.78, 5) is 32.6. The number of halogens is 3. The number of aromatic amines is 1. The van der Waals surface area contributed by atoms with Crippen LogP contribution in [0.5, 0.6) is 0 Å². The molecule has 158 valence electrons. The van der Waals surface area contributed by atoms with Gasteiger partial charge in [0, 0.05) is 0 Å². The monoisotopic (exact) mass is 419 g/mol. The van der Waals surface area contributed by atoms with Crippen molar-refractivity contribution in [3.05, 3.63) is 70.0 Å². The summed E-state index contributed by atoms with van der Waals surface area (Å²) in [6, 6.07) is 8.66. The van der Waals surface area contributed by atoms with E-state index in [1.54, 1.807) is 24.3 Å². The lowest BCUT2D eigenvalue weighted by atomic mass is 10.2. The van der Waals surface area contributed by atoms with Crippen LogP contribution in [0.1, 0.15) is 25.6 Å². The van der Waals surface area contributed by atoms with E-state index in [1.807, 2.05) is 6.92 Å². The molecular weight excluding hydrogens is 397 g/mol. The van der Waals surface area contributed by atoms with Crippen LogP contribution in [-0.4, -0.2) is 29.0 Å². The third-order valence-electron chi connectivity index (χ3n) is 4.68. The van der Waals surface area contributed by atoms with Gasteiger partial charge >= 0.3 is 0 Å². The van der Waals surface area contributed by atoms with E-state index < -0.39 is 29.0 Å². The third kappa shape index (κ3) is 5.04. The molecule has 0 aliphatic heterocycles. The van der Waals surface area contributed by atoms with Crippen molar-refractivity contribution in [3.8, 4) is 0 Å². The van der Waals surface area contributed by atoms with Crippen LogP contribution < -0.4 is 15.8 Å². The largest absolute Gasteiger partial charge is 0.321 e. The van der Waals surface area contributed by atoms with E-state index in [-0.39, 0.29) is 18.6 Å². The van der Waals surface area contributed by atoms with Crippen molar-refractivity contribution in [2.75, 3.05) is 18.4 Å². The standard InChI is InChI=1S/C21H21F3N4O2/c1-2-3-10-28(11-17-25-15-7-5-4-6-13(15)21(30)27-17)12-18(29)26-16-9-8-14(22)19(23)20(16)24/h4-9H,2-3,10-12H2,1H3,(H,26,29)(H,25,27,30)/p+1. The Labute approximate surface area is 170 Å². The molecular formula is C21H22F3N4O2+. The Bertz CT molecular complexity index is 1120. The van der Waals surface area contributed by atoms with Gasteiger partial charge < -0.3 is 15.2 Å². The number of anilines is 1. The van der Waals surface area contributed by atoms with Gasteiger partial charge in [-0.2, -0.15) is 0 Å². The lowest BCUT2D eigenvalue weighted by Crippen LogP contribution is -3.12. The van der Waals surface area contributed by atoms with Gasteiger partial charge in [-0.3, -0.25) is 9.59 Å². The first-order chi connectivity index (χ1) is 14.4. The van der Waals surface area contributed by atoms with Gasteiger partial charge in [-0.1, -0.05) is 25.5 Å². The number of hydrogen-bond acceptors (Lipinski definition) is 3. The van der Waals surface area contributed by atoms with E-state index in [4.69, 9.17) is 0 Å². The van der Waals surface area contributed by atoms with Crippen molar-refractivity contribution < 1.29 is 22.9 Å². The highest BCUT2D eigenvalue weighted by atomic mass is 19.2. The number of quaternary nitrogens is 1. The smallest absolute Gasteiger partial charge is 0.279 e. The van der Waals surface area contributed by atoms with Crippen molar-refractivity contribution in [1.29, 1.82) is 0 Å². The number of aromatic nitrogens is 2. The summed E-state index contributed by atoms with van der Waals surface area (Å²) in [5.74, 6) is -4.54. The zero-order valence-corrected chi connectivity index (χ0v) is 16.4. The number of nitrogens with one attached hydrogen (secondary N) is 3. The molecule has 0 saturated carbocycles. The fourth-order valence-corrected chi connectivity index (χ4v) is 3.17. The maximum atomic E-state index is 13.8. The second kappa shape index (κ2) is 9.53. The molecule has 1 amide bonds. The van der Waals surface area contributed by atoms with Crippen LogP contribution in [0.3, 0.4) is 0 Å². The highest BCUT2D eigenvalue weighted by Crippen LogP contribution is 2.19. The first-order valence-electron chi connectivity index (χ1n) is 9.64. The fraction of sp³-hybridized carbons (Fsp3) is 0.286. The van der Waals surface area contributed by atoms with Crippen molar-refractivity contribution >= 4 is 22.5 Å². The number of hydrogen-bond donors (Lipinski definition) is 3. The second-order valence-electron chi connectivity index (χ2n) is 7.01. The van der Waals surface area contributed by atoms with Crippen LogP contribution >= 0.6 is 0 Å². The van der Waals surface area contributed by atoms with Gasteiger partial charge in [-0.05, 0) is 30.7 Å². The number of amides is 1. The molecule has 9 heteroatoms. The molecule has 3 N–H and O–H groups in total. The molecule has 0 saturated heterocycles. The van der Waals surface area contributed by atoms with E-state index in [2.05, 4.69) is 15.3 Å². The molecule has 0 aliphatic carbocycles. The number of fused-ring (bicyclic) bond motifs is 1. The molecule has 1 unspecified atom stereocenters. The molecule has 1 atom stereocenters. The Balaban J connectivity index is 1.75. The minimum absolute atomic E-state index is 0.0605. The predicted molar refractivity (Wildman–Crippen MR) is 107 cm³/mol. The van der Waals surface area contributed by atoms with Crippen LogP contribution in [0.25, 0.3) is 10.9 Å². The van der Waals surface area contributed by atoms with Crippen molar-refractivity contribution in [3.63, 3.8) is 0 Å². The topological polar surface area (TPSA) is 79.3 Å². The van der Waals surface area contributed by atoms with Crippen LogP contribution in [-0.2, 0) is 11.3 Å². The second-order valence-corrected chi connectivity index (χ2v) is 7.01. The molecule has 0 spiro atoms. The van der Waals surface area contributed by atoms with E-state index in [0.29, 0.717) is 23.3 Å². The summed E-state index contributed by atoms with van der Waals surface area (Å²) < 4.78 is 40.3. The maximum Gasteiger partial charge on any atom is 0.279 e. The Hall–Kier alpha value is -3.20. The number of carbonyl (C=O) groups excluding carboxylic acids is 1. The first-order valence-corrected chi connectivity index (χ1v) is 9.64. The van der Waals surface area contributed by atoms with Crippen molar-refractivity contribution in [2.45, 2.75) is 26.3 Å². The molecule has 2 aromatic carbocycles. The molecule has 1 aromatic heterocycles. The maximum absolute atomic E-state index is 13.8. The highest BCUT2D eigenvalue weighted by Gasteiger charge is 2.20. The molecule has 3 aromatic rings. The number of benzene rings is 2. The fourth-order valence-electron chi connectivity index (χ4n) is 3.17. The van der Waals surface area contributed by atoms with Gasteiger partial charge in [0.1, 0.15) is 6.54 Å². The minimum Gasteiger partial charge on any atom is -0.321 e. The molecule has 0 aliphatic rings. The van der Waals surface area contributed by atoms with E-state index in [1.165, 1.54) is 0 Å². The Morgan fingerprint density at radius 3 is 2.67 bits per heavy atom. The van der Waals surface area contributed by atoms with E-state index >= 15 is 0 Å². The number of unbranched alkanes of at least 4 members (excludes halogenated alkanes) is 1. The van der Waals surface area contributed by atoms with Crippen LogP contribution in [0.15, 0.2) is 41.2 Å². The molecule has 0 bridgehead atoms. The summed E-state index contributed by atoms with van der Waals surface area (Å²) in [6.45, 7) is 2.83. The minimum atomic E-state index is -1.64. The number of H-pyrrole nitrogens is 1. The van der Waals surface area contributed by atoms with Gasteiger partial charge in [0.15, 0.2) is 29.8 Å². The normalized spacial score (nSPS) is 12.1. The van der Waals surface area contributed by atoms with E-state index in [0.717, 1.165) is 29.9 Å². The van der Waals surface area contributed by atoms with E-state index in [9.17, 15) is 22.8 Å². The summed E-state index contributed by atoms with van der Waals surface area (Å²) in [5.41, 5.74) is -0.135. The Morgan fingerprint density at radius 1 is 1.13 bits per heavy atom. The SMILES string of the molecule is CCCC[NH+](CC(=O)Nc1ccc(F)c(F)c1F)Cc1nc2ccccc2c(=O)[nH]1. The number of rotatable bonds is 8. The van der Waals surface area contributed by atoms with Gasteiger partial charge in [-0.25, -0.2) is 18.2 Å². The van der Waals surface area contributed by atoms with Gasteiger partial charge in [-0.15, -0.1) is 0 Å². The first kappa shape index (κ1) is 21.5. The lowest BCUT2D eigenvalue weighted by Gasteiger charge is -2.18. The Kier molecular flexibility index (Phi) is 6.83. The molecule has 30 heavy (non-hydrogen) atoms. The van der Waals surface area contributed by atoms with Gasteiger partial charge in [0.2, 0.25) is 0 Å². The molecule has 1 heterocycles. The predicted octanol–water partition coefficient (Wildman–Crippen LogP) is 2.16. The summed E-state index contributed by atoms with van der Waals surface area (Å²) >= 11 is 0. The quantitative estimate of drug-likeness (QED) is 0.490. The van der Waals surface area contributed by atoms with Crippen molar-refractivity contribution in [1.82, 2.24) is 9.97 Å². The molecule has 3 rings (SSSR count). The zero-order chi connectivity index (χ0) is 21.7. The van der Waals surface area contributed by atoms with Gasteiger partial charge in [0.25, 0.3) is 11.5 Å². The summed E-state index contributed by atoms with van der Waals surface area (Å²) in [5, 5.41) is 2.75. The number of nitrogens with zero attached hydrogens (tertiary/aromatic N) is 1. The lowest BCUT2D eigenvalue weighted by molar-refractivity contribution is -0.906. The number of para-hydroxylation sites is 1. The highest BCUT2D eigenvalue weighted by molar-refractivity contribution is 5.91.